The van der Waals surface area contributed by atoms with Crippen LogP contribution in [-0.4, -0.2) is 9.13 Å². The van der Waals surface area contributed by atoms with Crippen molar-refractivity contribution in [2.75, 3.05) is 0 Å². The van der Waals surface area contributed by atoms with Gasteiger partial charge >= 0.3 is 0 Å². The predicted molar refractivity (Wildman–Crippen MR) is 237 cm³/mol. The summed E-state index contributed by atoms with van der Waals surface area (Å²) in [5.41, 5.74) is 16.7. The fourth-order valence-corrected chi connectivity index (χ4v) is 8.63. The van der Waals surface area contributed by atoms with Gasteiger partial charge in [0.15, 0.2) is 0 Å². The maximum atomic E-state index is 2.44. The minimum absolute atomic E-state index is 1.14. The van der Waals surface area contributed by atoms with E-state index in [1.165, 1.54) is 93.8 Å². The highest BCUT2D eigenvalue weighted by Crippen LogP contribution is 2.40. The topological polar surface area (TPSA) is 9.86 Å². The Kier molecular flexibility index (Phi) is 7.53. The molecule has 0 unspecified atom stereocenters. The van der Waals surface area contributed by atoms with E-state index in [2.05, 4.69) is 228 Å². The molecule has 0 amide bonds. The summed E-state index contributed by atoms with van der Waals surface area (Å²) >= 11 is 0. The quantitative estimate of drug-likeness (QED) is 0.162. The molecule has 0 aliphatic heterocycles. The molecule has 2 heterocycles. The predicted octanol–water partition coefficient (Wildman–Crippen LogP) is 14.5. The van der Waals surface area contributed by atoms with Crippen LogP contribution in [0, 0.1) is 0 Å². The average Bonchev–Trinajstić information content (AvgIpc) is 3.79. The van der Waals surface area contributed by atoms with E-state index < -0.39 is 0 Å². The van der Waals surface area contributed by atoms with E-state index in [1.807, 2.05) is 0 Å². The summed E-state index contributed by atoms with van der Waals surface area (Å²) in [5, 5.41) is 5.00. The summed E-state index contributed by atoms with van der Waals surface area (Å²) in [7, 11) is 0. The first kappa shape index (κ1) is 32.0. The number of hydrogen-bond acceptors (Lipinski definition) is 0. The molecule has 2 heteroatoms. The normalized spacial score (nSPS) is 11.6. The number of nitrogens with zero attached hydrogens (tertiary/aromatic N) is 2. The molecule has 2 nitrogen and oxygen atoms in total. The number of aromatic nitrogens is 2. The number of hydrogen-bond donors (Lipinski definition) is 0. The molecule has 11 aromatic rings. The van der Waals surface area contributed by atoms with Crippen LogP contribution < -0.4 is 0 Å². The fraction of sp³-hybridized carbons (Fsp3) is 0. The van der Waals surface area contributed by atoms with Crippen LogP contribution in [0.4, 0.5) is 0 Å². The van der Waals surface area contributed by atoms with Gasteiger partial charge < -0.3 is 9.13 Å². The van der Waals surface area contributed by atoms with Crippen LogP contribution in [0.5, 0.6) is 0 Å². The van der Waals surface area contributed by atoms with Crippen LogP contribution in [0.25, 0.3) is 99.5 Å². The standard InChI is InChI=1S/C54H36N2/c1-4-14-37(15-5-1)39-24-26-40(27-25-39)44-32-43(38-16-6-2-7-17-38)33-46(34-44)56-52-23-13-11-21-48(52)50-35-41(29-31-53(50)56)42-28-30-49-47-20-10-12-22-51(47)55(54(49)36-42)45-18-8-3-9-19-45/h1-36H. The molecule has 0 fully saturated rings. The monoisotopic (exact) mass is 712 g/mol. The molecule has 0 saturated carbocycles. The molecule has 0 aliphatic rings. The molecular formula is C54H36N2. The van der Waals surface area contributed by atoms with Crippen molar-refractivity contribution >= 4 is 43.6 Å². The SMILES string of the molecule is c1ccc(-c2ccc(-c3cc(-c4ccccc4)cc(-n4c5ccccc5c5cc(-c6ccc7c8ccccc8n(-c8ccccc8)c7c6)ccc54)c3)cc2)cc1. The molecule has 0 atom stereocenters. The zero-order valence-corrected chi connectivity index (χ0v) is 30.7. The lowest BCUT2D eigenvalue weighted by atomic mass is 9.96. The van der Waals surface area contributed by atoms with Crippen molar-refractivity contribution in [1.82, 2.24) is 9.13 Å². The summed E-state index contributed by atoms with van der Waals surface area (Å²) in [4.78, 5) is 0. The van der Waals surface area contributed by atoms with Crippen LogP contribution in [0.1, 0.15) is 0 Å². The van der Waals surface area contributed by atoms with Gasteiger partial charge in [-0.05, 0) is 105 Å². The summed E-state index contributed by atoms with van der Waals surface area (Å²) < 4.78 is 4.84. The summed E-state index contributed by atoms with van der Waals surface area (Å²) in [6, 6.07) is 79.5. The van der Waals surface area contributed by atoms with Crippen molar-refractivity contribution < 1.29 is 0 Å². The van der Waals surface area contributed by atoms with Gasteiger partial charge in [0.1, 0.15) is 0 Å². The van der Waals surface area contributed by atoms with Crippen LogP contribution in [0.2, 0.25) is 0 Å². The second kappa shape index (κ2) is 13.2. The highest BCUT2D eigenvalue weighted by Gasteiger charge is 2.17. The fourth-order valence-electron chi connectivity index (χ4n) is 8.63. The van der Waals surface area contributed by atoms with Gasteiger partial charge in [0.2, 0.25) is 0 Å². The van der Waals surface area contributed by atoms with Gasteiger partial charge in [0, 0.05) is 32.9 Å². The Bertz CT molecular complexity index is 3210. The zero-order valence-electron chi connectivity index (χ0n) is 30.7. The smallest absolute Gasteiger partial charge is 0.0547 e. The van der Waals surface area contributed by atoms with Gasteiger partial charge in [-0.15, -0.1) is 0 Å². The highest BCUT2D eigenvalue weighted by molar-refractivity contribution is 6.12. The Balaban J connectivity index is 1.08. The third kappa shape index (κ3) is 5.34. The Morgan fingerprint density at radius 3 is 1.25 bits per heavy atom. The number of para-hydroxylation sites is 3. The number of rotatable bonds is 6. The van der Waals surface area contributed by atoms with Crippen molar-refractivity contribution in [1.29, 1.82) is 0 Å². The maximum absolute atomic E-state index is 2.44. The highest BCUT2D eigenvalue weighted by atomic mass is 15.0. The third-order valence-corrected chi connectivity index (χ3v) is 11.3. The Hall–Kier alpha value is -7.42. The van der Waals surface area contributed by atoms with Gasteiger partial charge in [0.25, 0.3) is 0 Å². The molecule has 0 aliphatic carbocycles. The zero-order chi connectivity index (χ0) is 37.0. The van der Waals surface area contributed by atoms with Crippen molar-refractivity contribution in [3.05, 3.63) is 218 Å². The lowest BCUT2D eigenvalue weighted by Crippen LogP contribution is -1.96. The minimum Gasteiger partial charge on any atom is -0.309 e. The molecule has 262 valence electrons. The molecule has 0 N–H and O–H groups in total. The van der Waals surface area contributed by atoms with E-state index >= 15 is 0 Å². The molecule has 0 spiro atoms. The van der Waals surface area contributed by atoms with Crippen molar-refractivity contribution in [2.45, 2.75) is 0 Å². The Labute approximate surface area is 325 Å². The van der Waals surface area contributed by atoms with Crippen molar-refractivity contribution in [2.24, 2.45) is 0 Å². The van der Waals surface area contributed by atoms with Crippen molar-refractivity contribution in [3.8, 4) is 55.9 Å². The van der Waals surface area contributed by atoms with E-state index in [0.717, 1.165) is 5.69 Å². The number of benzene rings is 9. The van der Waals surface area contributed by atoms with Crippen LogP contribution in [0.3, 0.4) is 0 Å². The molecule has 9 aromatic carbocycles. The van der Waals surface area contributed by atoms with E-state index in [-0.39, 0.29) is 0 Å². The average molecular weight is 713 g/mol. The first-order valence-corrected chi connectivity index (χ1v) is 19.3. The second-order valence-corrected chi connectivity index (χ2v) is 14.6. The van der Waals surface area contributed by atoms with Crippen molar-refractivity contribution in [3.63, 3.8) is 0 Å². The molecule has 0 bridgehead atoms. The summed E-state index contributed by atoms with van der Waals surface area (Å²) in [5.74, 6) is 0. The lowest BCUT2D eigenvalue weighted by molar-refractivity contribution is 1.18. The van der Waals surface area contributed by atoms with Gasteiger partial charge in [-0.1, -0.05) is 158 Å². The second-order valence-electron chi connectivity index (χ2n) is 14.6. The molecule has 0 saturated heterocycles. The summed E-state index contributed by atoms with van der Waals surface area (Å²) in [6.45, 7) is 0. The largest absolute Gasteiger partial charge is 0.309 e. The van der Waals surface area contributed by atoms with E-state index in [0.29, 0.717) is 0 Å². The van der Waals surface area contributed by atoms with Crippen LogP contribution in [-0.2, 0) is 0 Å². The van der Waals surface area contributed by atoms with E-state index in [1.54, 1.807) is 0 Å². The minimum atomic E-state index is 1.14. The first-order chi connectivity index (χ1) is 27.8. The summed E-state index contributed by atoms with van der Waals surface area (Å²) in [6.07, 6.45) is 0. The molecular weight excluding hydrogens is 677 g/mol. The third-order valence-electron chi connectivity index (χ3n) is 11.3. The van der Waals surface area contributed by atoms with Gasteiger partial charge in [-0.3, -0.25) is 0 Å². The van der Waals surface area contributed by atoms with Crippen LogP contribution >= 0.6 is 0 Å². The van der Waals surface area contributed by atoms with E-state index in [4.69, 9.17) is 0 Å². The molecule has 2 aromatic heterocycles. The molecule has 0 radical (unpaired) electrons. The molecule has 56 heavy (non-hydrogen) atoms. The molecule has 11 rings (SSSR count). The van der Waals surface area contributed by atoms with Gasteiger partial charge in [0.05, 0.1) is 22.1 Å². The van der Waals surface area contributed by atoms with E-state index in [9.17, 15) is 0 Å². The van der Waals surface area contributed by atoms with Crippen LogP contribution in [0.15, 0.2) is 218 Å². The Morgan fingerprint density at radius 2 is 0.607 bits per heavy atom. The van der Waals surface area contributed by atoms with Gasteiger partial charge in [-0.25, -0.2) is 0 Å². The Morgan fingerprint density at radius 1 is 0.196 bits per heavy atom. The van der Waals surface area contributed by atoms with Gasteiger partial charge in [-0.2, -0.15) is 0 Å². The number of fused-ring (bicyclic) bond motifs is 6. The first-order valence-electron chi connectivity index (χ1n) is 19.3. The maximum Gasteiger partial charge on any atom is 0.0547 e. The lowest BCUT2D eigenvalue weighted by Gasteiger charge is -2.14.